The van der Waals surface area contributed by atoms with E-state index in [1.54, 1.807) is 0 Å². The molecule has 1 saturated carbocycles. The van der Waals surface area contributed by atoms with Crippen molar-refractivity contribution in [2.45, 2.75) is 90.4 Å². The SMILES string of the molecule is CCCCCOc1ccc(C#C/C=C/C2CCC(c3ccc(CCCCC)cc3)CC2)cc1. The Balaban J connectivity index is 1.39. The third-order valence-electron chi connectivity index (χ3n) is 6.83. The lowest BCUT2D eigenvalue weighted by atomic mass is 9.78. The summed E-state index contributed by atoms with van der Waals surface area (Å²) in [5, 5.41) is 0. The van der Waals surface area contributed by atoms with E-state index in [2.05, 4.69) is 74.2 Å². The van der Waals surface area contributed by atoms with Crippen molar-refractivity contribution in [3.8, 4) is 17.6 Å². The molecule has 0 radical (unpaired) electrons. The molecule has 2 aromatic carbocycles. The van der Waals surface area contributed by atoms with E-state index in [1.807, 2.05) is 12.1 Å². The zero-order valence-electron chi connectivity index (χ0n) is 20.8. The molecule has 1 fully saturated rings. The summed E-state index contributed by atoms with van der Waals surface area (Å²) < 4.78 is 5.77. The van der Waals surface area contributed by atoms with Gasteiger partial charge in [-0.3, -0.25) is 0 Å². The van der Waals surface area contributed by atoms with Gasteiger partial charge >= 0.3 is 0 Å². The highest BCUT2D eigenvalue weighted by Gasteiger charge is 2.20. The van der Waals surface area contributed by atoms with Crippen molar-refractivity contribution in [3.05, 3.63) is 77.4 Å². The van der Waals surface area contributed by atoms with Crippen molar-refractivity contribution >= 4 is 0 Å². The van der Waals surface area contributed by atoms with Crippen molar-refractivity contribution in [1.82, 2.24) is 0 Å². The van der Waals surface area contributed by atoms with Crippen LogP contribution in [-0.4, -0.2) is 6.61 Å². The first kappa shape index (κ1) is 25.2. The highest BCUT2D eigenvalue weighted by Crippen LogP contribution is 2.36. The maximum Gasteiger partial charge on any atom is 0.119 e. The molecule has 1 heteroatoms. The van der Waals surface area contributed by atoms with Crippen LogP contribution in [0.3, 0.4) is 0 Å². The number of benzene rings is 2. The maximum atomic E-state index is 5.77. The minimum atomic E-state index is 0.669. The molecule has 2 aromatic rings. The fourth-order valence-electron chi connectivity index (χ4n) is 4.67. The average molecular weight is 443 g/mol. The van der Waals surface area contributed by atoms with Crippen LogP contribution in [-0.2, 0) is 6.42 Å². The van der Waals surface area contributed by atoms with Crippen molar-refractivity contribution in [2.24, 2.45) is 5.92 Å². The molecule has 1 aliphatic carbocycles. The third-order valence-corrected chi connectivity index (χ3v) is 6.83. The van der Waals surface area contributed by atoms with Gasteiger partial charge in [-0.05, 0) is 98.2 Å². The largest absolute Gasteiger partial charge is 0.494 e. The lowest BCUT2D eigenvalue weighted by molar-refractivity contribution is 0.306. The Hall–Kier alpha value is -2.46. The number of hydrogen-bond donors (Lipinski definition) is 0. The van der Waals surface area contributed by atoms with Crippen LogP contribution in [0.25, 0.3) is 0 Å². The summed E-state index contributed by atoms with van der Waals surface area (Å²) in [6.45, 7) is 5.28. The van der Waals surface area contributed by atoms with Crippen molar-refractivity contribution < 1.29 is 4.74 Å². The number of hydrogen-bond acceptors (Lipinski definition) is 1. The number of rotatable bonds is 11. The quantitative estimate of drug-likeness (QED) is 0.249. The third kappa shape index (κ3) is 9.13. The Labute approximate surface area is 202 Å². The normalized spacial score (nSPS) is 18.1. The highest BCUT2D eigenvalue weighted by molar-refractivity contribution is 5.40. The van der Waals surface area contributed by atoms with Crippen molar-refractivity contribution in [3.63, 3.8) is 0 Å². The van der Waals surface area contributed by atoms with Crippen LogP contribution in [0.2, 0.25) is 0 Å². The number of unbranched alkanes of at least 4 members (excludes halogenated alkanes) is 4. The van der Waals surface area contributed by atoms with Gasteiger partial charge in [0.05, 0.1) is 6.61 Å². The molecule has 1 nitrogen and oxygen atoms in total. The molecule has 1 aliphatic rings. The zero-order chi connectivity index (χ0) is 23.1. The van der Waals surface area contributed by atoms with Gasteiger partial charge in [-0.15, -0.1) is 0 Å². The maximum absolute atomic E-state index is 5.77. The van der Waals surface area contributed by atoms with E-state index in [1.165, 1.54) is 75.3 Å². The second kappa shape index (κ2) is 14.6. The summed E-state index contributed by atoms with van der Waals surface area (Å²) in [6, 6.07) is 17.6. The van der Waals surface area contributed by atoms with E-state index in [-0.39, 0.29) is 0 Å². The first-order valence-electron chi connectivity index (χ1n) is 13.3. The second-order valence-electron chi connectivity index (χ2n) is 9.52. The van der Waals surface area contributed by atoms with Crippen LogP contribution in [0.5, 0.6) is 5.75 Å². The van der Waals surface area contributed by atoms with E-state index < -0.39 is 0 Å². The van der Waals surface area contributed by atoms with Crippen molar-refractivity contribution in [2.75, 3.05) is 6.61 Å². The monoisotopic (exact) mass is 442 g/mol. The van der Waals surface area contributed by atoms with Gasteiger partial charge in [0.1, 0.15) is 5.75 Å². The van der Waals surface area contributed by atoms with E-state index in [0.29, 0.717) is 5.92 Å². The van der Waals surface area contributed by atoms with Crippen LogP contribution in [0.15, 0.2) is 60.7 Å². The zero-order valence-corrected chi connectivity index (χ0v) is 20.8. The second-order valence-corrected chi connectivity index (χ2v) is 9.52. The highest BCUT2D eigenvalue weighted by atomic mass is 16.5. The van der Waals surface area contributed by atoms with E-state index in [4.69, 9.17) is 4.74 Å². The predicted molar refractivity (Wildman–Crippen MR) is 142 cm³/mol. The van der Waals surface area contributed by atoms with Crippen LogP contribution >= 0.6 is 0 Å². The summed E-state index contributed by atoms with van der Waals surface area (Å²) in [7, 11) is 0. The average Bonchev–Trinajstić information content (AvgIpc) is 2.86. The Bertz CT molecular complexity index is 871. The molecule has 0 amide bonds. The molecule has 0 unspecified atom stereocenters. The van der Waals surface area contributed by atoms with Crippen LogP contribution < -0.4 is 4.74 Å². The number of allylic oxidation sites excluding steroid dienone is 2. The molecule has 33 heavy (non-hydrogen) atoms. The molecular weight excluding hydrogens is 400 g/mol. The molecule has 0 heterocycles. The minimum absolute atomic E-state index is 0.669. The smallest absolute Gasteiger partial charge is 0.119 e. The van der Waals surface area contributed by atoms with Gasteiger partial charge in [-0.25, -0.2) is 0 Å². The summed E-state index contributed by atoms with van der Waals surface area (Å²) in [6.07, 6.45) is 18.2. The van der Waals surface area contributed by atoms with Gasteiger partial charge < -0.3 is 4.74 Å². The van der Waals surface area contributed by atoms with E-state index in [9.17, 15) is 0 Å². The van der Waals surface area contributed by atoms with Gasteiger partial charge in [0.2, 0.25) is 0 Å². The topological polar surface area (TPSA) is 9.23 Å². The number of ether oxygens (including phenoxy) is 1. The van der Waals surface area contributed by atoms with Crippen LogP contribution in [0.1, 0.15) is 101 Å². The van der Waals surface area contributed by atoms with E-state index >= 15 is 0 Å². The Morgan fingerprint density at radius 2 is 1.52 bits per heavy atom. The lowest BCUT2D eigenvalue weighted by Gasteiger charge is -2.27. The van der Waals surface area contributed by atoms with Gasteiger partial charge in [-0.2, -0.15) is 0 Å². The van der Waals surface area contributed by atoms with Gasteiger partial charge in [0.25, 0.3) is 0 Å². The van der Waals surface area contributed by atoms with Crippen LogP contribution in [0, 0.1) is 17.8 Å². The summed E-state index contributed by atoms with van der Waals surface area (Å²) in [5.41, 5.74) is 4.08. The van der Waals surface area contributed by atoms with Gasteiger partial charge in [0, 0.05) is 5.56 Å². The molecule has 0 saturated heterocycles. The first-order valence-corrected chi connectivity index (χ1v) is 13.3. The molecular formula is C32H42O. The number of aryl methyl sites for hydroxylation is 1. The molecule has 0 atom stereocenters. The predicted octanol–water partition coefficient (Wildman–Crippen LogP) is 8.87. The van der Waals surface area contributed by atoms with Crippen molar-refractivity contribution in [1.29, 1.82) is 0 Å². The summed E-state index contributed by atoms with van der Waals surface area (Å²) >= 11 is 0. The molecule has 3 rings (SSSR count). The summed E-state index contributed by atoms with van der Waals surface area (Å²) in [4.78, 5) is 0. The Kier molecular flexibility index (Phi) is 11.2. The lowest BCUT2D eigenvalue weighted by Crippen LogP contribution is -2.11. The molecule has 0 bridgehead atoms. The standard InChI is InChI=1S/C32H42O/c1-3-5-7-11-27-14-20-30(21-15-27)31-22-16-28(17-23-31)12-8-9-13-29-18-24-32(25-19-29)33-26-10-6-4-2/h8,12,14-15,18-21,24-25,28,31H,3-7,10-11,16-17,22-23,26H2,1-2H3/b12-8+. The Morgan fingerprint density at radius 3 is 2.21 bits per heavy atom. The van der Waals surface area contributed by atoms with Crippen LogP contribution in [0.4, 0.5) is 0 Å². The molecule has 0 aliphatic heterocycles. The Morgan fingerprint density at radius 1 is 0.818 bits per heavy atom. The van der Waals surface area contributed by atoms with E-state index in [0.717, 1.165) is 30.3 Å². The molecule has 176 valence electrons. The fraction of sp³-hybridized carbons (Fsp3) is 0.500. The fourth-order valence-corrected chi connectivity index (χ4v) is 4.67. The first-order chi connectivity index (χ1) is 16.3. The summed E-state index contributed by atoms with van der Waals surface area (Å²) in [5.74, 6) is 8.82. The minimum Gasteiger partial charge on any atom is -0.494 e. The molecule has 0 spiro atoms. The van der Waals surface area contributed by atoms with Gasteiger partial charge in [-0.1, -0.05) is 81.7 Å². The molecule has 0 aromatic heterocycles. The van der Waals surface area contributed by atoms with Gasteiger partial charge in [0.15, 0.2) is 0 Å². The molecule has 0 N–H and O–H groups in total.